The van der Waals surface area contributed by atoms with Crippen LogP contribution in [0.1, 0.15) is 43.2 Å². The number of rotatable bonds is 10. The molecule has 0 aromatic heterocycles. The topological polar surface area (TPSA) is 99.8 Å². The third-order valence-corrected chi connectivity index (χ3v) is 4.52. The van der Waals surface area contributed by atoms with Crippen molar-refractivity contribution in [3.05, 3.63) is 59.7 Å². The molecule has 154 valence electrons. The Labute approximate surface area is 176 Å². The van der Waals surface area contributed by atoms with Crippen LogP contribution in [0.25, 0.3) is 0 Å². The minimum absolute atomic E-state index is 0.0860. The fourth-order valence-corrected chi connectivity index (χ4v) is 2.69. The lowest BCUT2D eigenvalue weighted by atomic mass is 10.1. The number of nitrogen functional groups attached to an aromatic ring is 1. The fourth-order valence-electron chi connectivity index (χ4n) is 2.53. The van der Waals surface area contributed by atoms with Gasteiger partial charge < -0.3 is 11.1 Å². The van der Waals surface area contributed by atoms with E-state index in [-0.39, 0.29) is 11.8 Å². The van der Waals surface area contributed by atoms with E-state index in [9.17, 15) is 9.59 Å². The van der Waals surface area contributed by atoms with E-state index in [1.54, 1.807) is 18.3 Å². The van der Waals surface area contributed by atoms with Crippen LogP contribution in [0.5, 0.6) is 0 Å². The average molecular weight is 414 g/mol. The molecule has 8 heteroatoms. The summed E-state index contributed by atoms with van der Waals surface area (Å²) in [4.78, 5) is 24.0. The second-order valence-corrected chi connectivity index (χ2v) is 7.07. The van der Waals surface area contributed by atoms with Gasteiger partial charge in [0.15, 0.2) is 0 Å². The Morgan fingerprint density at radius 3 is 2.48 bits per heavy atom. The number of carbonyl (C=O) groups excluding carboxylic acids is 2. The lowest BCUT2D eigenvalue weighted by Gasteiger charge is -2.13. The van der Waals surface area contributed by atoms with Crippen molar-refractivity contribution >= 4 is 42.2 Å². The van der Waals surface area contributed by atoms with Crippen LogP contribution in [0.15, 0.2) is 53.6 Å². The second kappa shape index (κ2) is 11.8. The van der Waals surface area contributed by atoms with E-state index in [0.29, 0.717) is 37.1 Å². The first-order valence-electron chi connectivity index (χ1n) is 9.47. The minimum atomic E-state index is -0.184. The van der Waals surface area contributed by atoms with Crippen molar-refractivity contribution in [2.24, 2.45) is 5.10 Å². The number of aryl methyl sites for hydroxylation is 1. The van der Waals surface area contributed by atoms with Crippen molar-refractivity contribution in [1.82, 2.24) is 9.95 Å². The lowest BCUT2D eigenvalue weighted by Crippen LogP contribution is -2.31. The number of para-hydroxylation sites is 2. The molecule has 0 aliphatic heterocycles. The Balaban J connectivity index is 1.59. The first-order chi connectivity index (χ1) is 14.0. The molecule has 7 nitrogen and oxygen atoms in total. The number of hydrogen-bond donors (Lipinski definition) is 4. The quantitative estimate of drug-likeness (QED) is 0.157. The van der Waals surface area contributed by atoms with Crippen molar-refractivity contribution in [2.75, 3.05) is 11.1 Å². The molecule has 0 heterocycles. The van der Waals surface area contributed by atoms with E-state index in [1.165, 1.54) is 5.56 Å². The molecule has 2 rings (SSSR count). The summed E-state index contributed by atoms with van der Waals surface area (Å²) in [6.07, 6.45) is 4.44. The van der Waals surface area contributed by atoms with Gasteiger partial charge >= 0.3 is 0 Å². The van der Waals surface area contributed by atoms with Crippen molar-refractivity contribution in [1.29, 1.82) is 0 Å². The SMILES string of the molecule is Cc1ccc(/C=N/NN(S)C(=O)CCCCCC(=O)Nc2ccccc2N)cc1. The summed E-state index contributed by atoms with van der Waals surface area (Å²) < 4.78 is 1.07. The molecule has 2 amide bonds. The van der Waals surface area contributed by atoms with E-state index in [2.05, 4.69) is 28.8 Å². The van der Waals surface area contributed by atoms with Crippen molar-refractivity contribution < 1.29 is 9.59 Å². The van der Waals surface area contributed by atoms with Crippen LogP contribution in [-0.2, 0) is 9.59 Å². The summed E-state index contributed by atoms with van der Waals surface area (Å²) >= 11 is 4.09. The van der Waals surface area contributed by atoms with Gasteiger partial charge in [-0.25, -0.2) is 5.53 Å². The van der Waals surface area contributed by atoms with Gasteiger partial charge in [-0.1, -0.05) is 48.4 Å². The number of benzene rings is 2. The molecular formula is C21H27N5O2S. The Morgan fingerprint density at radius 2 is 1.76 bits per heavy atom. The van der Waals surface area contributed by atoms with Crippen LogP contribution in [0, 0.1) is 6.92 Å². The molecule has 0 unspecified atom stereocenters. The molecule has 0 fully saturated rings. The number of anilines is 2. The molecule has 0 radical (unpaired) electrons. The first kappa shape index (κ1) is 22.3. The van der Waals surface area contributed by atoms with E-state index in [0.717, 1.165) is 16.4 Å². The predicted octanol–water partition coefficient (Wildman–Crippen LogP) is 3.68. The molecule has 0 spiro atoms. The molecule has 0 saturated heterocycles. The van der Waals surface area contributed by atoms with Crippen LogP contribution < -0.4 is 16.6 Å². The Bertz CT molecular complexity index is 839. The Morgan fingerprint density at radius 1 is 1.07 bits per heavy atom. The largest absolute Gasteiger partial charge is 0.397 e. The van der Waals surface area contributed by atoms with Crippen LogP contribution in [-0.4, -0.2) is 22.4 Å². The van der Waals surface area contributed by atoms with Crippen LogP contribution >= 0.6 is 12.8 Å². The minimum Gasteiger partial charge on any atom is -0.397 e. The first-order valence-corrected chi connectivity index (χ1v) is 9.87. The summed E-state index contributed by atoms with van der Waals surface area (Å²) in [6.45, 7) is 2.01. The van der Waals surface area contributed by atoms with Gasteiger partial charge in [0.2, 0.25) is 5.91 Å². The summed E-state index contributed by atoms with van der Waals surface area (Å²) in [5.41, 5.74) is 11.6. The second-order valence-electron chi connectivity index (χ2n) is 6.67. The van der Waals surface area contributed by atoms with Crippen LogP contribution in [0.4, 0.5) is 11.4 Å². The average Bonchev–Trinajstić information content (AvgIpc) is 2.70. The van der Waals surface area contributed by atoms with E-state index < -0.39 is 0 Å². The molecule has 4 N–H and O–H groups in total. The highest BCUT2D eigenvalue weighted by molar-refractivity contribution is 7.78. The van der Waals surface area contributed by atoms with Gasteiger partial charge in [0.25, 0.3) is 5.91 Å². The zero-order valence-electron chi connectivity index (χ0n) is 16.5. The molecule has 0 aliphatic rings. The summed E-state index contributed by atoms with van der Waals surface area (Å²) in [6, 6.07) is 15.0. The summed E-state index contributed by atoms with van der Waals surface area (Å²) in [5, 5.41) is 6.79. The van der Waals surface area contributed by atoms with Gasteiger partial charge in [0, 0.05) is 12.8 Å². The fraction of sp³-hybridized carbons (Fsp3) is 0.286. The van der Waals surface area contributed by atoms with Gasteiger partial charge in [-0.2, -0.15) is 9.52 Å². The van der Waals surface area contributed by atoms with Crippen LogP contribution in [0.2, 0.25) is 0 Å². The Kier molecular flexibility index (Phi) is 9.04. The molecule has 0 aliphatic carbocycles. The van der Waals surface area contributed by atoms with Gasteiger partial charge in [-0.3, -0.25) is 9.59 Å². The molecule has 2 aromatic rings. The van der Waals surface area contributed by atoms with Crippen LogP contribution in [0.3, 0.4) is 0 Å². The normalized spacial score (nSPS) is 10.7. The Hall–Kier alpha value is -3.00. The van der Waals surface area contributed by atoms with Gasteiger partial charge in [0.1, 0.15) is 0 Å². The standard InChI is InChI=1S/C21H27N5O2S/c1-16-11-13-17(14-12-16)15-23-25-26(29)21(28)10-4-2-3-9-20(27)24-19-8-6-5-7-18(19)22/h5-8,11-15,25,29H,2-4,9-10,22H2,1H3,(H,24,27)/b23-15+. The highest BCUT2D eigenvalue weighted by atomic mass is 32.1. The molecular weight excluding hydrogens is 386 g/mol. The number of hydrazone groups is 1. The van der Waals surface area contributed by atoms with Gasteiger partial charge in [-0.05, 0) is 50.3 Å². The lowest BCUT2D eigenvalue weighted by molar-refractivity contribution is -0.128. The van der Waals surface area contributed by atoms with Gasteiger partial charge in [0.05, 0.1) is 17.6 Å². The highest BCUT2D eigenvalue weighted by Gasteiger charge is 2.09. The maximum atomic E-state index is 12.0. The van der Waals surface area contributed by atoms with Crippen molar-refractivity contribution in [2.45, 2.75) is 39.0 Å². The number of nitrogens with two attached hydrogens (primary N) is 1. The predicted molar refractivity (Wildman–Crippen MR) is 120 cm³/mol. The number of nitrogens with zero attached hydrogens (tertiary/aromatic N) is 2. The molecule has 0 atom stereocenters. The highest BCUT2D eigenvalue weighted by Crippen LogP contribution is 2.17. The van der Waals surface area contributed by atoms with Crippen molar-refractivity contribution in [3.8, 4) is 0 Å². The third-order valence-electron chi connectivity index (χ3n) is 4.21. The molecule has 29 heavy (non-hydrogen) atoms. The van der Waals surface area contributed by atoms with Gasteiger partial charge in [-0.15, -0.1) is 0 Å². The number of carbonyl (C=O) groups is 2. The van der Waals surface area contributed by atoms with E-state index >= 15 is 0 Å². The number of hydrazine groups is 1. The zero-order valence-corrected chi connectivity index (χ0v) is 17.4. The zero-order chi connectivity index (χ0) is 21.1. The maximum absolute atomic E-state index is 12.0. The maximum Gasteiger partial charge on any atom is 0.252 e. The number of hydrogen-bond acceptors (Lipinski definition) is 6. The summed E-state index contributed by atoms with van der Waals surface area (Å²) in [7, 11) is 0. The third kappa shape index (κ3) is 8.27. The smallest absolute Gasteiger partial charge is 0.252 e. The summed E-state index contributed by atoms with van der Waals surface area (Å²) in [5.74, 6) is -0.270. The van der Waals surface area contributed by atoms with E-state index in [1.807, 2.05) is 43.3 Å². The molecule has 0 bridgehead atoms. The van der Waals surface area contributed by atoms with E-state index in [4.69, 9.17) is 5.73 Å². The molecule has 0 saturated carbocycles. The molecule has 2 aromatic carbocycles. The number of thiol groups is 1. The van der Waals surface area contributed by atoms with Crippen molar-refractivity contribution in [3.63, 3.8) is 0 Å². The number of nitrogens with one attached hydrogen (secondary N) is 2. The monoisotopic (exact) mass is 413 g/mol. The number of unbranched alkanes of at least 4 members (excludes halogenated alkanes) is 2. The number of amides is 2.